The van der Waals surface area contributed by atoms with Crippen molar-refractivity contribution in [1.29, 1.82) is 0 Å². The van der Waals surface area contributed by atoms with Gasteiger partial charge in [0.2, 0.25) is 4.77 Å². The van der Waals surface area contributed by atoms with Crippen LogP contribution >= 0.6 is 57.4 Å². The van der Waals surface area contributed by atoms with Gasteiger partial charge in [0.05, 0.1) is 16.4 Å². The van der Waals surface area contributed by atoms with Crippen molar-refractivity contribution in [2.75, 3.05) is 12.1 Å². The topological polar surface area (TPSA) is 87.5 Å². The second-order valence-electron chi connectivity index (χ2n) is 5.33. The van der Waals surface area contributed by atoms with Gasteiger partial charge in [-0.15, -0.1) is 0 Å². The Morgan fingerprint density at radius 3 is 2.78 bits per heavy atom. The van der Waals surface area contributed by atoms with E-state index in [4.69, 9.17) is 17.0 Å². The predicted octanol–water partition coefficient (Wildman–Crippen LogP) is 4.50. The van der Waals surface area contributed by atoms with Gasteiger partial charge in [0.1, 0.15) is 11.5 Å². The van der Waals surface area contributed by atoms with Crippen LogP contribution < -0.4 is 10.3 Å². The number of halogens is 2. The molecular weight excluding hydrogens is 592 g/mol. The van der Waals surface area contributed by atoms with E-state index in [1.807, 2.05) is 43.3 Å². The lowest BCUT2D eigenvalue weighted by Gasteiger charge is -2.07. The first-order valence-corrected chi connectivity index (χ1v) is 10.4. The van der Waals surface area contributed by atoms with Gasteiger partial charge in [-0.3, -0.25) is 0 Å². The Morgan fingerprint density at radius 2 is 2.07 bits per heavy atom. The van der Waals surface area contributed by atoms with Crippen LogP contribution in [0.1, 0.15) is 12.5 Å². The maximum atomic E-state index is 10.1. The highest BCUT2D eigenvalue weighted by Gasteiger charge is 2.09. The Morgan fingerprint density at radius 1 is 1.33 bits per heavy atom. The highest BCUT2D eigenvalue weighted by Crippen LogP contribution is 2.25. The Labute approximate surface area is 188 Å². The molecule has 2 aromatic carbocycles. The highest BCUT2D eigenvalue weighted by molar-refractivity contribution is 14.1. The first kappa shape index (κ1) is 20.1. The van der Waals surface area contributed by atoms with E-state index in [1.165, 1.54) is 6.21 Å². The molecule has 1 aromatic heterocycles. The van der Waals surface area contributed by atoms with Crippen molar-refractivity contribution in [2.45, 2.75) is 6.92 Å². The molecule has 3 rings (SSSR count). The Kier molecular flexibility index (Phi) is 6.70. The molecule has 0 fully saturated rings. The number of nitrogens with zero attached hydrogens (tertiary/aromatic N) is 3. The number of phenolic OH excluding ortho intramolecular Hbond substituents is 1. The van der Waals surface area contributed by atoms with Gasteiger partial charge in [-0.25, -0.2) is 10.6 Å². The molecule has 3 N–H and O–H groups in total. The number of hydrogen-bond acceptors (Lipinski definition) is 6. The van der Waals surface area contributed by atoms with Crippen LogP contribution in [-0.2, 0) is 0 Å². The summed E-state index contributed by atoms with van der Waals surface area (Å²) in [6.07, 6.45) is 1.54. The van der Waals surface area contributed by atoms with E-state index in [1.54, 1.807) is 4.68 Å². The summed E-state index contributed by atoms with van der Waals surface area (Å²) in [5.74, 6) is 1.56. The Hall–Kier alpha value is -1.67. The van der Waals surface area contributed by atoms with Crippen LogP contribution in [0.5, 0.6) is 11.5 Å². The number of phenols is 1. The fourth-order valence-corrected chi connectivity index (χ4v) is 4.35. The van der Waals surface area contributed by atoms with Crippen molar-refractivity contribution in [3.8, 4) is 22.9 Å². The van der Waals surface area contributed by atoms with E-state index in [0.717, 1.165) is 18.5 Å². The van der Waals surface area contributed by atoms with E-state index in [-0.39, 0.29) is 5.75 Å². The molecule has 0 saturated heterocycles. The third-order valence-corrected chi connectivity index (χ3v) is 5.23. The zero-order chi connectivity index (χ0) is 19.4. The lowest BCUT2D eigenvalue weighted by molar-refractivity contribution is 0.340. The van der Waals surface area contributed by atoms with Gasteiger partial charge in [-0.05, 0) is 101 Å². The number of ether oxygens (including phenoxy) is 1. The van der Waals surface area contributed by atoms with Gasteiger partial charge < -0.3 is 9.84 Å². The van der Waals surface area contributed by atoms with Crippen molar-refractivity contribution < 1.29 is 9.84 Å². The molecule has 0 aliphatic carbocycles. The molecule has 0 atom stereocenters. The number of nitrogens with one attached hydrogen (secondary N) is 2. The monoisotopic (exact) mass is 607 g/mol. The van der Waals surface area contributed by atoms with E-state index >= 15 is 0 Å². The molecule has 27 heavy (non-hydrogen) atoms. The molecular formula is C17H15I2N5O2S. The zero-order valence-corrected chi connectivity index (χ0v) is 19.2. The van der Waals surface area contributed by atoms with E-state index in [0.29, 0.717) is 22.8 Å². The van der Waals surface area contributed by atoms with Crippen molar-refractivity contribution in [1.82, 2.24) is 14.9 Å². The van der Waals surface area contributed by atoms with Crippen LogP contribution in [0.2, 0.25) is 0 Å². The summed E-state index contributed by atoms with van der Waals surface area (Å²) in [7, 11) is 0. The van der Waals surface area contributed by atoms with Crippen LogP contribution in [0.3, 0.4) is 0 Å². The average molecular weight is 607 g/mol. The maximum absolute atomic E-state index is 10.1. The van der Waals surface area contributed by atoms with Gasteiger partial charge in [-0.1, -0.05) is 0 Å². The summed E-state index contributed by atoms with van der Waals surface area (Å²) in [6.45, 7) is 2.55. The molecule has 0 bridgehead atoms. The number of hydrazone groups is 1. The number of aromatic nitrogens is 3. The number of aromatic amines is 1. The average Bonchev–Trinajstić information content (AvgIpc) is 3.01. The molecule has 0 aliphatic rings. The SMILES string of the molecule is CCOc1ccc(-c2n[nH]c(=S)n2N/N=C/c2cc(I)cc(I)c2O)cc1. The summed E-state index contributed by atoms with van der Waals surface area (Å²) >= 11 is 9.54. The molecule has 0 radical (unpaired) electrons. The molecule has 0 aliphatic heterocycles. The van der Waals surface area contributed by atoms with Crippen LogP contribution in [0.4, 0.5) is 0 Å². The summed E-state index contributed by atoms with van der Waals surface area (Å²) < 4.78 is 9.15. The van der Waals surface area contributed by atoms with Crippen LogP contribution in [0.25, 0.3) is 11.4 Å². The molecule has 1 heterocycles. The fourth-order valence-electron chi connectivity index (χ4n) is 2.29. The van der Waals surface area contributed by atoms with Gasteiger partial charge >= 0.3 is 0 Å². The van der Waals surface area contributed by atoms with Gasteiger partial charge in [0.25, 0.3) is 0 Å². The zero-order valence-electron chi connectivity index (χ0n) is 14.1. The first-order valence-electron chi connectivity index (χ1n) is 7.87. The van der Waals surface area contributed by atoms with Crippen molar-refractivity contribution in [2.24, 2.45) is 5.10 Å². The summed E-state index contributed by atoms with van der Waals surface area (Å²) in [5.41, 5.74) is 4.31. The predicted molar refractivity (Wildman–Crippen MR) is 125 cm³/mol. The summed E-state index contributed by atoms with van der Waals surface area (Å²) in [6, 6.07) is 11.3. The number of hydrogen-bond donors (Lipinski definition) is 3. The highest BCUT2D eigenvalue weighted by atomic mass is 127. The minimum Gasteiger partial charge on any atom is -0.506 e. The number of rotatable bonds is 6. The minimum absolute atomic E-state index is 0.184. The second-order valence-corrected chi connectivity index (χ2v) is 8.12. The molecule has 0 spiro atoms. The van der Waals surface area contributed by atoms with Crippen molar-refractivity contribution in [3.05, 3.63) is 53.9 Å². The molecule has 7 nitrogen and oxygen atoms in total. The normalized spacial score (nSPS) is 11.1. The number of benzene rings is 2. The van der Waals surface area contributed by atoms with Gasteiger partial charge in [0.15, 0.2) is 5.82 Å². The molecule has 0 saturated carbocycles. The van der Waals surface area contributed by atoms with Crippen molar-refractivity contribution >= 4 is 63.6 Å². The molecule has 0 amide bonds. The molecule has 140 valence electrons. The van der Waals surface area contributed by atoms with Crippen LogP contribution in [-0.4, -0.2) is 32.8 Å². The lowest BCUT2D eigenvalue weighted by Crippen LogP contribution is -2.10. The molecule has 3 aromatic rings. The van der Waals surface area contributed by atoms with Crippen molar-refractivity contribution in [3.63, 3.8) is 0 Å². The first-order chi connectivity index (χ1) is 13.0. The van der Waals surface area contributed by atoms with Gasteiger partial charge in [-0.2, -0.15) is 14.9 Å². The maximum Gasteiger partial charge on any atom is 0.216 e. The molecule has 0 unspecified atom stereocenters. The Balaban J connectivity index is 1.84. The van der Waals surface area contributed by atoms with Gasteiger partial charge in [0, 0.05) is 14.7 Å². The van der Waals surface area contributed by atoms with Crippen LogP contribution in [0.15, 0.2) is 41.5 Å². The largest absolute Gasteiger partial charge is 0.506 e. The third kappa shape index (κ3) is 4.79. The summed E-state index contributed by atoms with van der Waals surface area (Å²) in [4.78, 5) is 0. The lowest BCUT2D eigenvalue weighted by atomic mass is 10.2. The van der Waals surface area contributed by atoms with Crippen LogP contribution in [0, 0.1) is 11.9 Å². The minimum atomic E-state index is 0.184. The van der Waals surface area contributed by atoms with E-state index in [2.05, 4.69) is 66.0 Å². The van der Waals surface area contributed by atoms with E-state index < -0.39 is 0 Å². The Bertz CT molecular complexity index is 1030. The third-order valence-electron chi connectivity index (χ3n) is 3.51. The summed E-state index contributed by atoms with van der Waals surface area (Å²) in [5, 5.41) is 21.3. The quantitative estimate of drug-likeness (QED) is 0.167. The number of H-pyrrole nitrogens is 1. The number of aromatic hydroxyl groups is 1. The smallest absolute Gasteiger partial charge is 0.216 e. The fraction of sp³-hybridized carbons (Fsp3) is 0.118. The second kappa shape index (κ2) is 9.01. The van der Waals surface area contributed by atoms with E-state index in [9.17, 15) is 5.11 Å². The standard InChI is InChI=1S/C17H15I2N5O2S/c1-2-26-13-5-3-10(4-6-13)16-21-22-17(27)24(16)23-20-9-11-7-12(18)8-14(19)15(11)25/h3-9,23,25H,2H2,1H3,(H,22,27)/b20-9+. The molecule has 10 heteroatoms.